The zero-order chi connectivity index (χ0) is 18.6. The Kier molecular flexibility index (Phi) is 5.24. The van der Waals surface area contributed by atoms with E-state index in [1.54, 1.807) is 23.5 Å². The van der Waals surface area contributed by atoms with Gasteiger partial charge in [0.2, 0.25) is 17.6 Å². The second-order valence-electron chi connectivity index (χ2n) is 5.38. The minimum atomic E-state index is 0.271. The average Bonchev–Trinajstić information content (AvgIpc) is 3.34. The van der Waals surface area contributed by atoms with Crippen LogP contribution in [0.2, 0.25) is 10.0 Å². The lowest BCUT2D eigenvalue weighted by Crippen LogP contribution is -2.02. The molecule has 136 valence electrons. The van der Waals surface area contributed by atoms with Crippen LogP contribution in [0.4, 0.5) is 5.69 Å². The summed E-state index contributed by atoms with van der Waals surface area (Å²) in [5.74, 6) is 1.87. The molecule has 0 atom stereocenters. The second kappa shape index (κ2) is 7.96. The van der Waals surface area contributed by atoms with Crippen LogP contribution < -0.4 is 10.1 Å². The van der Waals surface area contributed by atoms with Crippen molar-refractivity contribution in [3.05, 3.63) is 70.0 Å². The highest BCUT2D eigenvalue weighted by Crippen LogP contribution is 2.33. The van der Waals surface area contributed by atoms with Crippen molar-refractivity contribution in [2.45, 2.75) is 6.54 Å². The van der Waals surface area contributed by atoms with Crippen molar-refractivity contribution in [1.82, 2.24) is 15.1 Å². The standard InChI is InChI=1S/C18H12Cl2N4O2S/c19-11-8-12(20)18(22-9-11)25-14-5-2-1-4-13(14)21-10-16-23-17(24-26-16)15-6-3-7-27-15/h1-9,21H,10H2. The van der Waals surface area contributed by atoms with Crippen LogP contribution in [0, 0.1) is 0 Å². The van der Waals surface area contributed by atoms with Gasteiger partial charge in [-0.05, 0) is 29.6 Å². The molecular weight excluding hydrogens is 407 g/mol. The van der Waals surface area contributed by atoms with Gasteiger partial charge in [-0.3, -0.25) is 0 Å². The maximum Gasteiger partial charge on any atom is 0.246 e. The number of halogens is 2. The lowest BCUT2D eigenvalue weighted by atomic mass is 10.3. The van der Waals surface area contributed by atoms with Crippen molar-refractivity contribution in [1.29, 1.82) is 0 Å². The molecule has 1 aromatic carbocycles. The van der Waals surface area contributed by atoms with E-state index in [-0.39, 0.29) is 5.88 Å². The fraction of sp³-hybridized carbons (Fsp3) is 0.0556. The van der Waals surface area contributed by atoms with Gasteiger partial charge < -0.3 is 14.6 Å². The zero-order valence-corrected chi connectivity index (χ0v) is 16.1. The monoisotopic (exact) mass is 418 g/mol. The molecule has 9 heteroatoms. The van der Waals surface area contributed by atoms with Gasteiger partial charge in [-0.25, -0.2) is 4.98 Å². The maximum absolute atomic E-state index is 6.13. The van der Waals surface area contributed by atoms with Crippen molar-refractivity contribution in [2.24, 2.45) is 0 Å². The topological polar surface area (TPSA) is 73.1 Å². The highest BCUT2D eigenvalue weighted by molar-refractivity contribution is 7.13. The van der Waals surface area contributed by atoms with Crippen molar-refractivity contribution in [3.8, 4) is 22.3 Å². The Bertz CT molecular complexity index is 1050. The number of para-hydroxylation sites is 2. The number of hydrogen-bond donors (Lipinski definition) is 1. The van der Waals surface area contributed by atoms with E-state index >= 15 is 0 Å². The molecule has 0 saturated heterocycles. The third-order valence-electron chi connectivity index (χ3n) is 3.51. The quantitative estimate of drug-likeness (QED) is 0.419. The number of thiophene rings is 1. The Morgan fingerprint density at radius 1 is 1.15 bits per heavy atom. The van der Waals surface area contributed by atoms with Crippen LogP contribution in [0.25, 0.3) is 10.7 Å². The minimum Gasteiger partial charge on any atom is -0.435 e. The zero-order valence-electron chi connectivity index (χ0n) is 13.7. The van der Waals surface area contributed by atoms with Gasteiger partial charge >= 0.3 is 0 Å². The molecule has 0 radical (unpaired) electrons. The molecule has 0 aliphatic carbocycles. The highest BCUT2D eigenvalue weighted by atomic mass is 35.5. The van der Waals surface area contributed by atoms with Gasteiger partial charge in [-0.2, -0.15) is 4.98 Å². The summed E-state index contributed by atoms with van der Waals surface area (Å²) >= 11 is 13.6. The van der Waals surface area contributed by atoms with Gasteiger partial charge in [0, 0.05) is 6.20 Å². The molecule has 0 amide bonds. The second-order valence-corrected chi connectivity index (χ2v) is 7.17. The van der Waals surface area contributed by atoms with E-state index in [2.05, 4.69) is 20.4 Å². The van der Waals surface area contributed by atoms with E-state index < -0.39 is 0 Å². The van der Waals surface area contributed by atoms with E-state index in [9.17, 15) is 0 Å². The Hall–Kier alpha value is -2.61. The van der Waals surface area contributed by atoms with Crippen LogP contribution in [-0.2, 0) is 6.54 Å². The summed E-state index contributed by atoms with van der Waals surface area (Å²) in [6.07, 6.45) is 1.48. The SMILES string of the molecule is Clc1cnc(Oc2ccccc2NCc2nc(-c3cccs3)no2)c(Cl)c1. The van der Waals surface area contributed by atoms with Gasteiger partial charge in [-0.1, -0.05) is 46.6 Å². The lowest BCUT2D eigenvalue weighted by molar-refractivity contribution is 0.384. The number of rotatable bonds is 6. The summed E-state index contributed by atoms with van der Waals surface area (Å²) in [4.78, 5) is 9.45. The van der Waals surface area contributed by atoms with Crippen molar-refractivity contribution in [3.63, 3.8) is 0 Å². The molecule has 0 fully saturated rings. The normalized spacial score (nSPS) is 10.7. The Labute approximate surface area is 168 Å². The molecule has 4 rings (SSSR count). The van der Waals surface area contributed by atoms with Gasteiger partial charge in [0.05, 0.1) is 22.1 Å². The number of nitrogens with one attached hydrogen (secondary N) is 1. The number of ether oxygens (including phenoxy) is 1. The van der Waals surface area contributed by atoms with E-state index in [4.69, 9.17) is 32.5 Å². The summed E-state index contributed by atoms with van der Waals surface area (Å²) in [5, 5.41) is 9.95. The third-order valence-corrected chi connectivity index (χ3v) is 4.85. The number of anilines is 1. The van der Waals surface area contributed by atoms with E-state index in [1.165, 1.54) is 6.20 Å². The Morgan fingerprint density at radius 3 is 2.85 bits per heavy atom. The summed E-state index contributed by atoms with van der Waals surface area (Å²) in [7, 11) is 0. The predicted molar refractivity (Wildman–Crippen MR) is 106 cm³/mol. The number of nitrogens with zero attached hydrogens (tertiary/aromatic N) is 3. The fourth-order valence-electron chi connectivity index (χ4n) is 2.29. The average molecular weight is 419 g/mol. The van der Waals surface area contributed by atoms with Crippen molar-refractivity contribution >= 4 is 40.2 Å². The molecular formula is C18H12Cl2N4O2S. The van der Waals surface area contributed by atoms with Gasteiger partial charge in [0.1, 0.15) is 5.02 Å². The first-order chi connectivity index (χ1) is 13.2. The van der Waals surface area contributed by atoms with Crippen molar-refractivity contribution < 1.29 is 9.26 Å². The van der Waals surface area contributed by atoms with E-state index in [0.29, 0.717) is 34.1 Å². The van der Waals surface area contributed by atoms with Crippen LogP contribution in [0.5, 0.6) is 11.6 Å². The third kappa shape index (κ3) is 4.21. The smallest absolute Gasteiger partial charge is 0.246 e. The van der Waals surface area contributed by atoms with Crippen LogP contribution >= 0.6 is 34.5 Å². The van der Waals surface area contributed by atoms with E-state index in [1.807, 2.05) is 35.7 Å². The van der Waals surface area contributed by atoms with Gasteiger partial charge in [0.15, 0.2) is 5.75 Å². The minimum absolute atomic E-state index is 0.271. The molecule has 0 aliphatic heterocycles. The molecule has 0 bridgehead atoms. The largest absolute Gasteiger partial charge is 0.435 e. The molecule has 0 aliphatic rings. The van der Waals surface area contributed by atoms with Crippen LogP contribution in [0.1, 0.15) is 5.89 Å². The molecule has 3 heterocycles. The molecule has 1 N–H and O–H groups in total. The maximum atomic E-state index is 6.13. The van der Waals surface area contributed by atoms with Gasteiger partial charge in [-0.15, -0.1) is 11.3 Å². The highest BCUT2D eigenvalue weighted by Gasteiger charge is 2.12. The summed E-state index contributed by atoms with van der Waals surface area (Å²) in [6.45, 7) is 0.348. The molecule has 27 heavy (non-hydrogen) atoms. The summed E-state index contributed by atoms with van der Waals surface area (Å²) < 4.78 is 11.1. The van der Waals surface area contributed by atoms with Crippen LogP contribution in [-0.4, -0.2) is 15.1 Å². The first-order valence-corrected chi connectivity index (χ1v) is 9.51. The van der Waals surface area contributed by atoms with E-state index in [0.717, 1.165) is 10.6 Å². The fourth-order valence-corrected chi connectivity index (χ4v) is 3.35. The lowest BCUT2D eigenvalue weighted by Gasteiger charge is -2.12. The number of aromatic nitrogens is 3. The Morgan fingerprint density at radius 2 is 2.04 bits per heavy atom. The first kappa shape index (κ1) is 17.8. The van der Waals surface area contributed by atoms with Crippen molar-refractivity contribution in [2.75, 3.05) is 5.32 Å². The predicted octanol–water partition coefficient (Wildman–Crippen LogP) is 5.90. The summed E-state index contributed by atoms with van der Waals surface area (Å²) in [5.41, 5.74) is 0.737. The molecule has 0 spiro atoms. The van der Waals surface area contributed by atoms with Crippen LogP contribution in [0.3, 0.4) is 0 Å². The first-order valence-electron chi connectivity index (χ1n) is 7.87. The van der Waals surface area contributed by atoms with Crippen LogP contribution in [0.15, 0.2) is 58.6 Å². The molecule has 4 aromatic rings. The number of benzene rings is 1. The molecule has 6 nitrogen and oxygen atoms in total. The molecule has 0 unspecified atom stereocenters. The Balaban J connectivity index is 1.48. The number of pyridine rings is 1. The summed E-state index contributed by atoms with van der Waals surface area (Å²) in [6, 6.07) is 12.9. The molecule has 3 aromatic heterocycles. The van der Waals surface area contributed by atoms with Gasteiger partial charge in [0.25, 0.3) is 0 Å². The molecule has 0 saturated carbocycles. The number of hydrogen-bond acceptors (Lipinski definition) is 7.